The summed E-state index contributed by atoms with van der Waals surface area (Å²) in [5.41, 5.74) is -0.111. The molecule has 11 heavy (non-hydrogen) atoms. The van der Waals surface area contributed by atoms with Gasteiger partial charge in [0.15, 0.2) is 0 Å². The molecule has 0 aromatic carbocycles. The Morgan fingerprint density at radius 2 is 2.18 bits per heavy atom. The molecule has 0 unspecified atom stereocenters. The zero-order valence-corrected chi connectivity index (χ0v) is 7.03. The molecular weight excluding hydrogens is 140 g/mol. The first-order chi connectivity index (χ1) is 5.01. The maximum atomic E-state index is 11.0. The molecule has 3 nitrogen and oxygen atoms in total. The van der Waals surface area contributed by atoms with Crippen LogP contribution < -0.4 is 0 Å². The normalized spacial score (nSPS) is 22.1. The summed E-state index contributed by atoms with van der Waals surface area (Å²) < 4.78 is 0. The van der Waals surface area contributed by atoms with E-state index in [1.54, 1.807) is 19.3 Å². The third-order valence-corrected chi connectivity index (χ3v) is 1.54. The Bertz CT molecular complexity index is 228. The first-order valence-corrected chi connectivity index (χ1v) is 3.53. The zero-order chi connectivity index (χ0) is 8.48. The molecule has 1 rings (SSSR count). The fraction of sp³-hybridized carbons (Fsp3) is 0.500. The molecule has 3 heteroatoms. The van der Waals surface area contributed by atoms with E-state index in [0.717, 1.165) is 0 Å². The molecule has 1 aliphatic rings. The van der Waals surface area contributed by atoms with Gasteiger partial charge in [0.05, 0.1) is 0 Å². The van der Waals surface area contributed by atoms with Gasteiger partial charge in [-0.05, 0) is 0 Å². The Labute approximate surface area is 66.4 Å². The van der Waals surface area contributed by atoms with Crippen molar-refractivity contribution in [3.8, 4) is 0 Å². The van der Waals surface area contributed by atoms with Crippen LogP contribution in [0.4, 0.5) is 0 Å². The lowest BCUT2D eigenvalue weighted by Gasteiger charge is -2.10. The lowest BCUT2D eigenvalue weighted by Crippen LogP contribution is -2.17. The molecule has 0 aromatic rings. The van der Waals surface area contributed by atoms with Gasteiger partial charge in [-0.15, -0.1) is 0 Å². The Morgan fingerprint density at radius 1 is 1.55 bits per heavy atom. The van der Waals surface area contributed by atoms with Crippen molar-refractivity contribution in [2.24, 2.45) is 10.5 Å². The van der Waals surface area contributed by atoms with Gasteiger partial charge in [0.2, 0.25) is 0 Å². The van der Waals surface area contributed by atoms with E-state index in [4.69, 9.17) is 0 Å². The van der Waals surface area contributed by atoms with E-state index in [1.165, 1.54) is 5.01 Å². The summed E-state index contributed by atoms with van der Waals surface area (Å²) in [6.07, 6.45) is 5.16. The minimum absolute atomic E-state index is 0.0770. The van der Waals surface area contributed by atoms with Crippen molar-refractivity contribution >= 4 is 12.1 Å². The van der Waals surface area contributed by atoms with Gasteiger partial charge in [-0.1, -0.05) is 19.9 Å². The molecule has 0 atom stereocenters. The number of likely N-dealkylation sites (N-methyl/N-ethyl adjacent to an activating group) is 1. The molecule has 0 spiro atoms. The number of amides is 1. The molecule has 0 saturated heterocycles. The summed E-state index contributed by atoms with van der Waals surface area (Å²) in [4.78, 5) is 11.0. The Kier molecular flexibility index (Phi) is 1.81. The summed E-state index contributed by atoms with van der Waals surface area (Å²) in [5.74, 6) is -0.0770. The molecule has 0 N–H and O–H groups in total. The molecule has 1 amide bonds. The molecule has 0 aromatic heterocycles. The van der Waals surface area contributed by atoms with Crippen molar-refractivity contribution in [2.75, 3.05) is 7.05 Å². The minimum atomic E-state index is -0.111. The van der Waals surface area contributed by atoms with Crippen LogP contribution in [0.5, 0.6) is 0 Å². The van der Waals surface area contributed by atoms with Crippen LogP contribution in [-0.4, -0.2) is 24.2 Å². The molecule has 1 aliphatic heterocycles. The predicted molar refractivity (Wildman–Crippen MR) is 44.2 cm³/mol. The van der Waals surface area contributed by atoms with Crippen molar-refractivity contribution < 1.29 is 4.79 Å². The van der Waals surface area contributed by atoms with Crippen LogP contribution in [-0.2, 0) is 4.79 Å². The van der Waals surface area contributed by atoms with Gasteiger partial charge in [-0.25, -0.2) is 5.01 Å². The summed E-state index contributed by atoms with van der Waals surface area (Å²) in [7, 11) is 1.64. The largest absolute Gasteiger partial charge is 0.268 e. The van der Waals surface area contributed by atoms with Gasteiger partial charge < -0.3 is 0 Å². The highest BCUT2D eigenvalue weighted by molar-refractivity contribution is 5.90. The average Bonchev–Trinajstić information content (AvgIpc) is 2.03. The second kappa shape index (κ2) is 2.49. The standard InChI is InChI=1S/C8H12N2O/c1-8(2)5-4-7(11)10(3)9-6-8/h4-6H,1-3H3. The van der Waals surface area contributed by atoms with E-state index >= 15 is 0 Å². The van der Waals surface area contributed by atoms with Gasteiger partial charge in [0, 0.05) is 24.8 Å². The third kappa shape index (κ3) is 1.90. The van der Waals surface area contributed by atoms with Gasteiger partial charge in [-0.2, -0.15) is 5.10 Å². The van der Waals surface area contributed by atoms with Crippen LogP contribution in [0.1, 0.15) is 13.8 Å². The van der Waals surface area contributed by atoms with Gasteiger partial charge >= 0.3 is 0 Å². The van der Waals surface area contributed by atoms with Crippen LogP contribution in [0.3, 0.4) is 0 Å². The molecule has 0 bridgehead atoms. The topological polar surface area (TPSA) is 32.7 Å². The highest BCUT2D eigenvalue weighted by Gasteiger charge is 2.15. The van der Waals surface area contributed by atoms with Crippen molar-refractivity contribution in [3.63, 3.8) is 0 Å². The maximum Gasteiger partial charge on any atom is 0.266 e. The van der Waals surface area contributed by atoms with Gasteiger partial charge in [-0.3, -0.25) is 4.79 Å². The number of allylic oxidation sites excluding steroid dienone is 1. The molecule has 1 heterocycles. The number of hydrogen-bond acceptors (Lipinski definition) is 2. The highest BCUT2D eigenvalue weighted by Crippen LogP contribution is 2.16. The van der Waals surface area contributed by atoms with Gasteiger partial charge in [0.25, 0.3) is 5.91 Å². The first kappa shape index (κ1) is 7.98. The lowest BCUT2D eigenvalue weighted by molar-refractivity contribution is -0.124. The minimum Gasteiger partial charge on any atom is -0.268 e. The molecular formula is C8H12N2O. The fourth-order valence-electron chi connectivity index (χ4n) is 0.729. The summed E-state index contributed by atoms with van der Waals surface area (Å²) in [6, 6.07) is 0. The van der Waals surface area contributed by atoms with Crippen LogP contribution >= 0.6 is 0 Å². The quantitative estimate of drug-likeness (QED) is 0.510. The monoisotopic (exact) mass is 152 g/mol. The van der Waals surface area contributed by atoms with Crippen LogP contribution in [0.2, 0.25) is 0 Å². The van der Waals surface area contributed by atoms with Crippen LogP contribution in [0.25, 0.3) is 0 Å². The molecule has 0 radical (unpaired) electrons. The zero-order valence-electron chi connectivity index (χ0n) is 7.03. The Morgan fingerprint density at radius 3 is 2.82 bits per heavy atom. The second-order valence-electron chi connectivity index (χ2n) is 3.26. The van der Waals surface area contributed by atoms with E-state index in [-0.39, 0.29) is 11.3 Å². The number of carbonyl (C=O) groups excluding carboxylic acids is 1. The summed E-state index contributed by atoms with van der Waals surface area (Å²) in [6.45, 7) is 4.00. The third-order valence-electron chi connectivity index (χ3n) is 1.54. The van der Waals surface area contributed by atoms with E-state index < -0.39 is 0 Å². The first-order valence-electron chi connectivity index (χ1n) is 3.53. The average molecular weight is 152 g/mol. The highest BCUT2D eigenvalue weighted by atomic mass is 16.2. The van der Waals surface area contributed by atoms with E-state index in [1.807, 2.05) is 19.9 Å². The summed E-state index contributed by atoms with van der Waals surface area (Å²) in [5, 5.41) is 5.28. The second-order valence-corrected chi connectivity index (χ2v) is 3.26. The fourth-order valence-corrected chi connectivity index (χ4v) is 0.729. The molecule has 0 fully saturated rings. The number of hydrogen-bond donors (Lipinski definition) is 0. The number of nitrogens with zero attached hydrogens (tertiary/aromatic N) is 2. The van der Waals surface area contributed by atoms with E-state index in [9.17, 15) is 4.79 Å². The van der Waals surface area contributed by atoms with Crippen LogP contribution in [0.15, 0.2) is 17.3 Å². The van der Waals surface area contributed by atoms with Crippen molar-refractivity contribution in [2.45, 2.75) is 13.8 Å². The maximum absolute atomic E-state index is 11.0. The van der Waals surface area contributed by atoms with Crippen molar-refractivity contribution in [1.29, 1.82) is 0 Å². The molecule has 0 saturated carbocycles. The number of hydrazone groups is 1. The Hall–Kier alpha value is -1.12. The molecule has 60 valence electrons. The number of rotatable bonds is 0. The SMILES string of the molecule is CN1N=CC(C)(C)C=CC1=O. The predicted octanol–water partition coefficient (Wildman–Crippen LogP) is 1.03. The van der Waals surface area contributed by atoms with Gasteiger partial charge in [0.1, 0.15) is 0 Å². The van der Waals surface area contributed by atoms with Crippen molar-refractivity contribution in [1.82, 2.24) is 5.01 Å². The Balaban J connectivity index is 2.93. The van der Waals surface area contributed by atoms with E-state index in [0.29, 0.717) is 0 Å². The summed E-state index contributed by atoms with van der Waals surface area (Å²) >= 11 is 0. The smallest absolute Gasteiger partial charge is 0.266 e. The number of carbonyl (C=O) groups is 1. The van der Waals surface area contributed by atoms with Crippen LogP contribution in [0, 0.1) is 5.41 Å². The van der Waals surface area contributed by atoms with E-state index in [2.05, 4.69) is 5.10 Å². The van der Waals surface area contributed by atoms with Crippen molar-refractivity contribution in [3.05, 3.63) is 12.2 Å². The lowest BCUT2D eigenvalue weighted by atomic mass is 9.95. The molecule has 0 aliphatic carbocycles.